The van der Waals surface area contributed by atoms with Gasteiger partial charge in [-0.15, -0.1) is 10.2 Å². The largest absolute Gasteiger partial charge is 0.384 e. The summed E-state index contributed by atoms with van der Waals surface area (Å²) in [6, 6.07) is 7.26. The molecule has 10 heteroatoms. The molecule has 1 aromatic heterocycles. The van der Waals surface area contributed by atoms with Crippen molar-refractivity contribution in [1.29, 1.82) is 5.26 Å². The Hall–Kier alpha value is -2.05. The lowest BCUT2D eigenvalue weighted by Crippen LogP contribution is -2.38. The van der Waals surface area contributed by atoms with E-state index in [9.17, 15) is 10.1 Å². The Bertz CT molecular complexity index is 1120. The van der Waals surface area contributed by atoms with Gasteiger partial charge in [0.15, 0.2) is 10.1 Å². The summed E-state index contributed by atoms with van der Waals surface area (Å²) in [6.07, 6.45) is 3.68. The van der Waals surface area contributed by atoms with Crippen molar-refractivity contribution in [3.63, 3.8) is 0 Å². The molecular formula is C19H15Cl2N5OS2. The van der Waals surface area contributed by atoms with Gasteiger partial charge in [0.2, 0.25) is 5.13 Å². The number of allylic oxidation sites excluding steroid dienone is 3. The number of benzene rings is 1. The highest BCUT2D eigenvalue weighted by Crippen LogP contribution is 2.48. The number of nitrogens with two attached hydrogens (primary N) is 1. The van der Waals surface area contributed by atoms with Gasteiger partial charge < -0.3 is 5.73 Å². The van der Waals surface area contributed by atoms with E-state index in [0.717, 1.165) is 10.0 Å². The van der Waals surface area contributed by atoms with Crippen molar-refractivity contribution in [2.45, 2.75) is 29.5 Å². The van der Waals surface area contributed by atoms with Gasteiger partial charge in [0.25, 0.3) is 0 Å². The second kappa shape index (κ2) is 8.00. The number of rotatable bonds is 3. The maximum absolute atomic E-state index is 13.0. The Balaban J connectivity index is 1.96. The predicted molar refractivity (Wildman–Crippen MR) is 116 cm³/mol. The van der Waals surface area contributed by atoms with E-state index in [-0.39, 0.29) is 17.2 Å². The number of Topliss-reactive ketones (excluding diaryl/α,β-unsaturated/α-hetero) is 1. The number of anilines is 1. The Labute approximate surface area is 186 Å². The first kappa shape index (κ1) is 20.2. The maximum Gasteiger partial charge on any atom is 0.219 e. The molecule has 29 heavy (non-hydrogen) atoms. The summed E-state index contributed by atoms with van der Waals surface area (Å²) in [5, 5.41) is 19.8. The zero-order valence-electron chi connectivity index (χ0n) is 15.3. The first-order valence-electron chi connectivity index (χ1n) is 8.74. The molecule has 0 saturated carbocycles. The van der Waals surface area contributed by atoms with Crippen molar-refractivity contribution in [3.8, 4) is 6.07 Å². The van der Waals surface area contributed by atoms with Crippen LogP contribution >= 0.6 is 46.3 Å². The van der Waals surface area contributed by atoms with Crippen LogP contribution in [0.2, 0.25) is 10.0 Å². The highest BCUT2D eigenvalue weighted by atomic mass is 35.5. The highest BCUT2D eigenvalue weighted by molar-refractivity contribution is 8.00. The molecule has 0 bridgehead atoms. The minimum absolute atomic E-state index is 0.0119. The Kier molecular flexibility index (Phi) is 5.58. The molecule has 148 valence electrons. The third-order valence-electron chi connectivity index (χ3n) is 4.95. The van der Waals surface area contributed by atoms with Crippen molar-refractivity contribution >= 4 is 57.2 Å². The number of carbonyl (C=O) groups is 1. The fourth-order valence-corrected chi connectivity index (χ4v) is 5.54. The van der Waals surface area contributed by atoms with Crippen molar-refractivity contribution < 1.29 is 4.79 Å². The first-order chi connectivity index (χ1) is 14.0. The Morgan fingerprint density at radius 3 is 2.79 bits per heavy atom. The lowest BCUT2D eigenvalue weighted by molar-refractivity contribution is -0.116. The summed E-state index contributed by atoms with van der Waals surface area (Å²) in [4.78, 5) is 14.7. The summed E-state index contributed by atoms with van der Waals surface area (Å²) in [5.41, 5.74) is 8.69. The number of thioether (sulfide) groups is 1. The molecule has 2 heterocycles. The van der Waals surface area contributed by atoms with Crippen LogP contribution in [0, 0.1) is 11.3 Å². The van der Waals surface area contributed by atoms with Gasteiger partial charge in [0.1, 0.15) is 5.82 Å². The zero-order chi connectivity index (χ0) is 20.7. The second-order valence-electron chi connectivity index (χ2n) is 6.54. The van der Waals surface area contributed by atoms with Crippen molar-refractivity contribution in [2.24, 2.45) is 5.73 Å². The van der Waals surface area contributed by atoms with Gasteiger partial charge in [-0.3, -0.25) is 9.69 Å². The quantitative estimate of drug-likeness (QED) is 0.648. The van der Waals surface area contributed by atoms with E-state index in [1.165, 1.54) is 23.1 Å². The van der Waals surface area contributed by atoms with Gasteiger partial charge >= 0.3 is 0 Å². The lowest BCUT2D eigenvalue weighted by Gasteiger charge is -2.38. The first-order valence-corrected chi connectivity index (χ1v) is 11.5. The van der Waals surface area contributed by atoms with Crippen LogP contribution in [0.4, 0.5) is 5.13 Å². The number of hydrogen-bond acceptors (Lipinski definition) is 8. The Morgan fingerprint density at radius 2 is 2.14 bits per heavy atom. The van der Waals surface area contributed by atoms with Crippen LogP contribution < -0.4 is 10.6 Å². The molecule has 1 aliphatic carbocycles. The van der Waals surface area contributed by atoms with Gasteiger partial charge in [0.05, 0.1) is 17.6 Å². The molecule has 1 unspecified atom stereocenters. The molecular weight excluding hydrogens is 449 g/mol. The molecule has 2 aromatic rings. The SMILES string of the molecule is CSc1nnc(N2C(N)=C(C#N)C(c3ccc(Cl)cc3Cl)C3=C2CCCC3=O)s1. The third kappa shape index (κ3) is 3.42. The fraction of sp³-hybridized carbons (Fsp3) is 0.263. The van der Waals surface area contributed by atoms with E-state index in [2.05, 4.69) is 16.3 Å². The summed E-state index contributed by atoms with van der Waals surface area (Å²) >= 11 is 15.4. The molecule has 6 nitrogen and oxygen atoms in total. The molecule has 0 radical (unpaired) electrons. The maximum atomic E-state index is 13.0. The van der Waals surface area contributed by atoms with Gasteiger partial charge in [-0.25, -0.2) is 0 Å². The molecule has 0 spiro atoms. The van der Waals surface area contributed by atoms with Gasteiger partial charge in [-0.2, -0.15) is 5.26 Å². The van der Waals surface area contributed by atoms with Crippen molar-refractivity contribution in [1.82, 2.24) is 10.2 Å². The molecule has 2 aliphatic rings. The average Bonchev–Trinajstić information content (AvgIpc) is 3.16. The molecule has 1 atom stereocenters. The van der Waals surface area contributed by atoms with E-state index >= 15 is 0 Å². The molecule has 4 rings (SSSR count). The number of ketones is 1. The fourth-order valence-electron chi connectivity index (χ4n) is 3.73. The van der Waals surface area contributed by atoms with Gasteiger partial charge in [-0.05, 0) is 36.8 Å². The van der Waals surface area contributed by atoms with Crippen LogP contribution in [0.1, 0.15) is 30.7 Å². The van der Waals surface area contributed by atoms with Crippen LogP contribution in [0.15, 0.2) is 45.2 Å². The smallest absolute Gasteiger partial charge is 0.219 e. The molecule has 0 saturated heterocycles. The predicted octanol–water partition coefficient (Wildman–Crippen LogP) is 4.87. The van der Waals surface area contributed by atoms with Crippen LogP contribution in [0.3, 0.4) is 0 Å². The minimum Gasteiger partial charge on any atom is -0.384 e. The lowest BCUT2D eigenvalue weighted by atomic mass is 9.76. The normalized spacial score (nSPS) is 19.4. The molecule has 1 aromatic carbocycles. The topological polar surface area (TPSA) is 95.9 Å². The summed E-state index contributed by atoms with van der Waals surface area (Å²) in [6.45, 7) is 0. The second-order valence-corrected chi connectivity index (χ2v) is 9.39. The monoisotopic (exact) mass is 463 g/mol. The van der Waals surface area contributed by atoms with E-state index in [0.29, 0.717) is 45.6 Å². The van der Waals surface area contributed by atoms with E-state index in [4.69, 9.17) is 28.9 Å². The number of hydrogen-bond donors (Lipinski definition) is 1. The molecule has 2 N–H and O–H groups in total. The van der Waals surface area contributed by atoms with Crippen molar-refractivity contribution in [2.75, 3.05) is 11.2 Å². The van der Waals surface area contributed by atoms with Crippen LogP contribution in [-0.2, 0) is 4.79 Å². The van der Waals surface area contributed by atoms with Gasteiger partial charge in [0, 0.05) is 27.7 Å². The van der Waals surface area contributed by atoms with Crippen molar-refractivity contribution in [3.05, 3.63) is 56.5 Å². The summed E-state index contributed by atoms with van der Waals surface area (Å²) in [7, 11) is 0. The van der Waals surface area contributed by atoms with E-state index < -0.39 is 5.92 Å². The standard InChI is InChI=1S/C19H15Cl2N5OS2/c1-28-19-25-24-18(29-19)26-13-3-2-4-14(27)16(13)15(11(8-22)17(26)23)10-6-5-9(20)7-12(10)21/h5-7,15H,2-4,23H2,1H3. The summed E-state index contributed by atoms with van der Waals surface area (Å²) in [5.74, 6) is -0.389. The number of aromatic nitrogens is 2. The third-order valence-corrected chi connectivity index (χ3v) is 7.39. The summed E-state index contributed by atoms with van der Waals surface area (Å²) < 4.78 is 0.776. The highest BCUT2D eigenvalue weighted by Gasteiger charge is 2.41. The molecule has 1 aliphatic heterocycles. The van der Waals surface area contributed by atoms with Crippen LogP contribution in [-0.4, -0.2) is 22.2 Å². The number of carbonyl (C=O) groups excluding carboxylic acids is 1. The average molecular weight is 464 g/mol. The Morgan fingerprint density at radius 1 is 1.34 bits per heavy atom. The molecule has 0 amide bonds. The number of nitrogens with zero attached hydrogens (tertiary/aromatic N) is 4. The van der Waals surface area contributed by atoms with Crippen LogP contribution in [0.5, 0.6) is 0 Å². The zero-order valence-corrected chi connectivity index (χ0v) is 18.4. The van der Waals surface area contributed by atoms with Gasteiger partial charge in [-0.1, -0.05) is 52.4 Å². The van der Waals surface area contributed by atoms with E-state index in [1.807, 2.05) is 6.26 Å². The minimum atomic E-state index is -0.628. The van der Waals surface area contributed by atoms with Crippen LogP contribution in [0.25, 0.3) is 0 Å². The van der Waals surface area contributed by atoms with E-state index in [1.54, 1.807) is 23.1 Å². The number of nitriles is 1. The molecule has 0 fully saturated rings. The number of halogens is 2.